The van der Waals surface area contributed by atoms with Gasteiger partial charge in [0.15, 0.2) is 0 Å². The van der Waals surface area contributed by atoms with Crippen molar-refractivity contribution in [1.82, 2.24) is 4.98 Å². The van der Waals surface area contributed by atoms with Gasteiger partial charge in [-0.2, -0.15) is 0 Å². The molecule has 0 aromatic carbocycles. The van der Waals surface area contributed by atoms with E-state index in [1.54, 1.807) is 12.1 Å². The molecule has 0 radical (unpaired) electrons. The van der Waals surface area contributed by atoms with Crippen LogP contribution < -0.4 is 5.32 Å². The Morgan fingerprint density at radius 1 is 1.47 bits per heavy atom. The summed E-state index contributed by atoms with van der Waals surface area (Å²) in [5.41, 5.74) is 0. The van der Waals surface area contributed by atoms with Crippen LogP contribution in [0.3, 0.4) is 0 Å². The Kier molecular flexibility index (Phi) is 2.78. The van der Waals surface area contributed by atoms with Crippen LogP contribution in [-0.2, 0) is 0 Å². The summed E-state index contributed by atoms with van der Waals surface area (Å²) >= 11 is 5.66. The monoisotopic (exact) mass is 232 g/mol. The lowest BCUT2D eigenvalue weighted by molar-refractivity contribution is 0.00852. The third-order valence-electron chi connectivity index (χ3n) is 2.48. The number of rotatable bonds is 2. The predicted octanol–water partition coefficient (Wildman–Crippen LogP) is 3.33. The molecule has 0 spiro atoms. The van der Waals surface area contributed by atoms with E-state index in [4.69, 9.17) is 11.6 Å². The fourth-order valence-electron chi connectivity index (χ4n) is 1.74. The third-order valence-corrected chi connectivity index (χ3v) is 2.71. The lowest BCUT2D eigenvalue weighted by Gasteiger charge is -2.13. The summed E-state index contributed by atoms with van der Waals surface area (Å²) in [7, 11) is 0. The molecule has 0 saturated heterocycles. The fourth-order valence-corrected chi connectivity index (χ4v) is 1.86. The first-order valence-corrected chi connectivity index (χ1v) is 5.19. The Labute approximate surface area is 91.7 Å². The summed E-state index contributed by atoms with van der Waals surface area (Å²) in [5.74, 6) is -1.92. The first kappa shape index (κ1) is 10.6. The zero-order valence-electron chi connectivity index (χ0n) is 8.01. The molecule has 82 valence electrons. The second-order valence-corrected chi connectivity index (χ2v) is 4.24. The van der Waals surface area contributed by atoms with Gasteiger partial charge in [0, 0.05) is 25.1 Å². The molecular formula is C10H11ClF2N2. The van der Waals surface area contributed by atoms with E-state index in [-0.39, 0.29) is 18.9 Å². The first-order chi connectivity index (χ1) is 7.05. The van der Waals surface area contributed by atoms with E-state index in [1.807, 2.05) is 0 Å². The first-order valence-electron chi connectivity index (χ1n) is 4.81. The summed E-state index contributed by atoms with van der Waals surface area (Å²) in [6.45, 7) is 0. The van der Waals surface area contributed by atoms with Crippen LogP contribution in [0.4, 0.5) is 14.6 Å². The van der Waals surface area contributed by atoms with Crippen molar-refractivity contribution < 1.29 is 8.78 Å². The molecule has 0 bridgehead atoms. The number of aromatic nitrogens is 1. The number of hydrogen-bond donors (Lipinski definition) is 1. The molecule has 0 aliphatic heterocycles. The van der Waals surface area contributed by atoms with Crippen LogP contribution in [0, 0.1) is 0 Å². The molecule has 1 aromatic rings. The highest BCUT2D eigenvalue weighted by Crippen LogP contribution is 2.35. The van der Waals surface area contributed by atoms with Gasteiger partial charge in [-0.1, -0.05) is 11.6 Å². The normalized spacial score (nSPS) is 24.1. The number of halogens is 3. The Balaban J connectivity index is 1.96. The lowest BCUT2D eigenvalue weighted by Crippen LogP contribution is -2.19. The molecule has 5 heteroatoms. The van der Waals surface area contributed by atoms with Gasteiger partial charge in [-0.05, 0) is 18.6 Å². The molecule has 1 N–H and O–H groups in total. The fraction of sp³-hybridized carbons (Fsp3) is 0.500. The van der Waals surface area contributed by atoms with Gasteiger partial charge >= 0.3 is 0 Å². The molecule has 2 rings (SSSR count). The number of hydrogen-bond acceptors (Lipinski definition) is 2. The Hall–Kier alpha value is -0.900. The van der Waals surface area contributed by atoms with Gasteiger partial charge in [-0.25, -0.2) is 13.8 Å². The van der Waals surface area contributed by atoms with Crippen molar-refractivity contribution in [1.29, 1.82) is 0 Å². The molecule has 1 aliphatic carbocycles. The number of alkyl halides is 2. The zero-order valence-corrected chi connectivity index (χ0v) is 8.77. The minimum absolute atomic E-state index is 0.0434. The molecule has 1 saturated carbocycles. The molecule has 1 aliphatic rings. The van der Waals surface area contributed by atoms with Crippen molar-refractivity contribution in [2.45, 2.75) is 31.2 Å². The molecule has 2 nitrogen and oxygen atoms in total. The molecule has 1 aromatic heterocycles. The zero-order chi connectivity index (χ0) is 10.9. The quantitative estimate of drug-likeness (QED) is 0.846. The van der Waals surface area contributed by atoms with Gasteiger partial charge in [-0.15, -0.1) is 0 Å². The molecular weight excluding hydrogens is 222 g/mol. The second-order valence-electron chi connectivity index (χ2n) is 3.80. The van der Waals surface area contributed by atoms with Crippen LogP contribution in [-0.4, -0.2) is 16.9 Å². The van der Waals surface area contributed by atoms with Crippen molar-refractivity contribution in [3.05, 3.63) is 23.4 Å². The maximum absolute atomic E-state index is 12.9. The van der Waals surface area contributed by atoms with Crippen molar-refractivity contribution in [3.63, 3.8) is 0 Å². The smallest absolute Gasteiger partial charge is 0.250 e. The number of pyridine rings is 1. The van der Waals surface area contributed by atoms with Gasteiger partial charge < -0.3 is 5.32 Å². The minimum atomic E-state index is -2.52. The van der Waals surface area contributed by atoms with E-state index in [0.717, 1.165) is 0 Å². The summed E-state index contributed by atoms with van der Waals surface area (Å²) in [6.07, 6.45) is 1.82. The molecule has 1 atom stereocenters. The standard InChI is InChI=1S/C10H11ClF2N2/c11-7-1-2-9(14-6-7)15-8-3-4-10(12,13)5-8/h1-2,6,8H,3-5H2,(H,14,15). The van der Waals surface area contributed by atoms with Crippen LogP contribution in [0.25, 0.3) is 0 Å². The topological polar surface area (TPSA) is 24.9 Å². The molecule has 1 heterocycles. The second kappa shape index (κ2) is 3.93. The van der Waals surface area contributed by atoms with Gasteiger partial charge in [-0.3, -0.25) is 0 Å². The Morgan fingerprint density at radius 3 is 2.80 bits per heavy atom. The maximum atomic E-state index is 12.9. The summed E-state index contributed by atoms with van der Waals surface area (Å²) in [4.78, 5) is 4.00. The highest BCUT2D eigenvalue weighted by Gasteiger charge is 2.39. The van der Waals surface area contributed by atoms with E-state index in [9.17, 15) is 8.78 Å². The number of anilines is 1. The Morgan fingerprint density at radius 2 is 2.27 bits per heavy atom. The highest BCUT2D eigenvalue weighted by atomic mass is 35.5. The van der Waals surface area contributed by atoms with E-state index in [2.05, 4.69) is 10.3 Å². The predicted molar refractivity (Wildman–Crippen MR) is 55.5 cm³/mol. The number of nitrogens with zero attached hydrogens (tertiary/aromatic N) is 1. The highest BCUT2D eigenvalue weighted by molar-refractivity contribution is 6.30. The van der Waals surface area contributed by atoms with E-state index >= 15 is 0 Å². The summed E-state index contributed by atoms with van der Waals surface area (Å²) < 4.78 is 25.8. The van der Waals surface area contributed by atoms with Crippen molar-refractivity contribution in [2.75, 3.05) is 5.32 Å². The number of nitrogens with one attached hydrogen (secondary N) is 1. The van der Waals surface area contributed by atoms with Crippen LogP contribution in [0.2, 0.25) is 5.02 Å². The van der Waals surface area contributed by atoms with Crippen molar-refractivity contribution in [3.8, 4) is 0 Å². The lowest BCUT2D eigenvalue weighted by atomic mass is 10.2. The van der Waals surface area contributed by atoms with Crippen LogP contribution in [0.5, 0.6) is 0 Å². The SMILES string of the molecule is FC1(F)CCC(Nc2ccc(Cl)cn2)C1. The average molecular weight is 233 g/mol. The summed E-state index contributed by atoms with van der Waals surface area (Å²) in [5, 5.41) is 3.51. The third kappa shape index (κ3) is 2.78. The van der Waals surface area contributed by atoms with Gasteiger partial charge in [0.05, 0.1) is 5.02 Å². The van der Waals surface area contributed by atoms with E-state index in [0.29, 0.717) is 17.3 Å². The largest absolute Gasteiger partial charge is 0.367 e. The minimum Gasteiger partial charge on any atom is -0.367 e. The van der Waals surface area contributed by atoms with E-state index < -0.39 is 5.92 Å². The van der Waals surface area contributed by atoms with Crippen LogP contribution in [0.1, 0.15) is 19.3 Å². The average Bonchev–Trinajstić information content (AvgIpc) is 2.50. The molecule has 1 unspecified atom stereocenters. The Bertz CT molecular complexity index is 340. The summed E-state index contributed by atoms with van der Waals surface area (Å²) in [6, 6.07) is 3.19. The van der Waals surface area contributed by atoms with Gasteiger partial charge in [0.1, 0.15) is 5.82 Å². The van der Waals surface area contributed by atoms with Crippen LogP contribution in [0.15, 0.2) is 18.3 Å². The van der Waals surface area contributed by atoms with Crippen molar-refractivity contribution >= 4 is 17.4 Å². The molecule has 1 fully saturated rings. The maximum Gasteiger partial charge on any atom is 0.250 e. The van der Waals surface area contributed by atoms with Crippen LogP contribution >= 0.6 is 11.6 Å². The molecule has 0 amide bonds. The van der Waals surface area contributed by atoms with Gasteiger partial charge in [0.25, 0.3) is 0 Å². The van der Waals surface area contributed by atoms with Gasteiger partial charge in [0.2, 0.25) is 5.92 Å². The van der Waals surface area contributed by atoms with E-state index in [1.165, 1.54) is 6.20 Å². The molecule has 15 heavy (non-hydrogen) atoms. The van der Waals surface area contributed by atoms with Crippen molar-refractivity contribution in [2.24, 2.45) is 0 Å².